The van der Waals surface area contributed by atoms with Gasteiger partial charge in [-0.2, -0.15) is 0 Å². The summed E-state index contributed by atoms with van der Waals surface area (Å²) < 4.78 is 13.2. The van der Waals surface area contributed by atoms with Gasteiger partial charge in [-0.3, -0.25) is 4.79 Å². The second kappa shape index (κ2) is 4.94. The maximum Gasteiger partial charge on any atom is 0.193 e. The molecule has 0 fully saturated rings. The zero-order valence-corrected chi connectivity index (χ0v) is 10.4. The molecule has 0 radical (unpaired) electrons. The highest BCUT2D eigenvalue weighted by Gasteiger charge is 2.18. The quantitative estimate of drug-likeness (QED) is 0.836. The van der Waals surface area contributed by atoms with Gasteiger partial charge in [0.05, 0.1) is 0 Å². The Balaban J connectivity index is 2.05. The molecule has 0 saturated heterocycles. The van der Waals surface area contributed by atoms with Crippen LogP contribution in [0.4, 0.5) is 4.39 Å². The molecule has 1 N–H and O–H groups in total. The summed E-state index contributed by atoms with van der Waals surface area (Å²) in [5.74, 6) is -0.476. The smallest absolute Gasteiger partial charge is 0.193 e. The van der Waals surface area contributed by atoms with Crippen LogP contribution in [0.3, 0.4) is 0 Å². The maximum absolute atomic E-state index is 13.2. The lowest BCUT2D eigenvalue weighted by Gasteiger charge is -2.19. The Morgan fingerprint density at radius 3 is 2.84 bits per heavy atom. The molecule has 3 heteroatoms. The van der Waals surface area contributed by atoms with Crippen molar-refractivity contribution in [2.45, 2.75) is 13.0 Å². The normalized spacial score (nSPS) is 13.9. The highest BCUT2D eigenvalue weighted by atomic mass is 19.1. The van der Waals surface area contributed by atoms with Gasteiger partial charge in [-0.15, -0.1) is 0 Å². The van der Waals surface area contributed by atoms with Crippen LogP contribution >= 0.6 is 0 Å². The van der Waals surface area contributed by atoms with Gasteiger partial charge in [0.25, 0.3) is 0 Å². The molecule has 19 heavy (non-hydrogen) atoms. The molecule has 0 atom stereocenters. The molecular weight excluding hydrogens is 241 g/mol. The minimum Gasteiger partial charge on any atom is -0.312 e. The van der Waals surface area contributed by atoms with E-state index in [1.165, 1.54) is 12.1 Å². The topological polar surface area (TPSA) is 29.1 Å². The van der Waals surface area contributed by atoms with Crippen molar-refractivity contribution >= 4 is 5.78 Å². The van der Waals surface area contributed by atoms with E-state index >= 15 is 0 Å². The van der Waals surface area contributed by atoms with Gasteiger partial charge in [0.2, 0.25) is 0 Å². The van der Waals surface area contributed by atoms with Crippen LogP contribution in [0, 0.1) is 5.82 Å². The minimum absolute atomic E-state index is 0.0988. The highest BCUT2D eigenvalue weighted by Crippen LogP contribution is 2.21. The third-order valence-corrected chi connectivity index (χ3v) is 3.47. The Kier molecular flexibility index (Phi) is 3.13. The fourth-order valence-corrected chi connectivity index (χ4v) is 2.53. The van der Waals surface area contributed by atoms with E-state index < -0.39 is 0 Å². The first-order valence-electron chi connectivity index (χ1n) is 6.37. The number of carbonyl (C=O) groups is 1. The number of hydrogen-bond acceptors (Lipinski definition) is 2. The van der Waals surface area contributed by atoms with Crippen LogP contribution < -0.4 is 5.32 Å². The van der Waals surface area contributed by atoms with Crippen LogP contribution in [-0.4, -0.2) is 12.3 Å². The first kappa shape index (κ1) is 12.1. The van der Waals surface area contributed by atoms with Crippen LogP contribution in [-0.2, 0) is 13.0 Å². The molecule has 3 rings (SSSR count). The Morgan fingerprint density at radius 1 is 1.16 bits per heavy atom. The third kappa shape index (κ3) is 2.29. The van der Waals surface area contributed by atoms with E-state index in [0.717, 1.165) is 30.6 Å². The molecular formula is C16H14FNO. The number of halogens is 1. The third-order valence-electron chi connectivity index (χ3n) is 3.47. The summed E-state index contributed by atoms with van der Waals surface area (Å²) in [5.41, 5.74) is 3.36. The van der Waals surface area contributed by atoms with Gasteiger partial charge in [0.15, 0.2) is 5.78 Å². The number of benzene rings is 2. The molecule has 2 nitrogen and oxygen atoms in total. The van der Waals surface area contributed by atoms with Crippen LogP contribution in [0.2, 0.25) is 0 Å². The van der Waals surface area contributed by atoms with E-state index in [2.05, 4.69) is 5.32 Å². The standard InChI is InChI=1S/C16H14FNO/c17-13-5-1-3-11(9-13)16(19)15-6-2-4-12-10-18-8-7-14(12)15/h1-6,9,18H,7-8,10H2. The lowest BCUT2D eigenvalue weighted by atomic mass is 9.91. The van der Waals surface area contributed by atoms with Crippen molar-refractivity contribution in [3.05, 3.63) is 70.5 Å². The largest absolute Gasteiger partial charge is 0.312 e. The van der Waals surface area contributed by atoms with Crippen LogP contribution in [0.15, 0.2) is 42.5 Å². The van der Waals surface area contributed by atoms with Crippen molar-refractivity contribution in [1.29, 1.82) is 0 Å². The van der Waals surface area contributed by atoms with E-state index in [0.29, 0.717) is 11.1 Å². The van der Waals surface area contributed by atoms with Crippen molar-refractivity contribution in [2.75, 3.05) is 6.54 Å². The minimum atomic E-state index is -0.377. The Morgan fingerprint density at radius 2 is 2.00 bits per heavy atom. The second-order valence-electron chi connectivity index (χ2n) is 4.71. The van der Waals surface area contributed by atoms with Crippen molar-refractivity contribution < 1.29 is 9.18 Å². The summed E-state index contributed by atoms with van der Waals surface area (Å²) in [6, 6.07) is 11.6. The molecule has 0 bridgehead atoms. The fourth-order valence-electron chi connectivity index (χ4n) is 2.53. The van der Waals surface area contributed by atoms with Crippen LogP contribution in [0.1, 0.15) is 27.0 Å². The number of fused-ring (bicyclic) bond motifs is 1. The summed E-state index contributed by atoms with van der Waals surface area (Å²) >= 11 is 0. The van der Waals surface area contributed by atoms with Gasteiger partial charge in [-0.25, -0.2) is 4.39 Å². The van der Waals surface area contributed by atoms with Gasteiger partial charge in [0, 0.05) is 17.7 Å². The Bertz CT molecular complexity index is 636. The van der Waals surface area contributed by atoms with Gasteiger partial charge in [0.1, 0.15) is 5.82 Å². The number of nitrogens with one attached hydrogen (secondary N) is 1. The molecule has 0 saturated carbocycles. The number of rotatable bonds is 2. The van der Waals surface area contributed by atoms with Gasteiger partial charge < -0.3 is 5.32 Å². The van der Waals surface area contributed by atoms with Crippen LogP contribution in [0.25, 0.3) is 0 Å². The van der Waals surface area contributed by atoms with Crippen molar-refractivity contribution in [3.63, 3.8) is 0 Å². The molecule has 0 aromatic heterocycles. The van der Waals surface area contributed by atoms with Gasteiger partial charge in [-0.05, 0) is 36.2 Å². The molecule has 0 spiro atoms. The fraction of sp³-hybridized carbons (Fsp3) is 0.188. The van der Waals surface area contributed by atoms with E-state index in [1.807, 2.05) is 18.2 Å². The highest BCUT2D eigenvalue weighted by molar-refractivity contribution is 6.10. The number of ketones is 1. The second-order valence-corrected chi connectivity index (χ2v) is 4.71. The monoisotopic (exact) mass is 255 g/mol. The molecule has 1 aliphatic rings. The average molecular weight is 255 g/mol. The molecule has 96 valence electrons. The summed E-state index contributed by atoms with van der Waals surface area (Å²) in [5, 5.41) is 3.28. The predicted octanol–water partition coefficient (Wildman–Crippen LogP) is 2.70. The van der Waals surface area contributed by atoms with Crippen molar-refractivity contribution in [2.24, 2.45) is 0 Å². The number of carbonyl (C=O) groups excluding carboxylic acids is 1. The van der Waals surface area contributed by atoms with E-state index in [4.69, 9.17) is 0 Å². The van der Waals surface area contributed by atoms with Crippen molar-refractivity contribution in [1.82, 2.24) is 5.32 Å². The average Bonchev–Trinajstić information content (AvgIpc) is 2.46. The van der Waals surface area contributed by atoms with E-state index in [-0.39, 0.29) is 11.6 Å². The lowest BCUT2D eigenvalue weighted by Crippen LogP contribution is -2.25. The Hall–Kier alpha value is -2.00. The molecule has 2 aromatic rings. The van der Waals surface area contributed by atoms with E-state index in [1.54, 1.807) is 12.1 Å². The Labute approximate surface area is 111 Å². The van der Waals surface area contributed by atoms with E-state index in [9.17, 15) is 9.18 Å². The van der Waals surface area contributed by atoms with Gasteiger partial charge >= 0.3 is 0 Å². The molecule has 2 aromatic carbocycles. The lowest BCUT2D eigenvalue weighted by molar-refractivity contribution is 0.103. The first-order chi connectivity index (χ1) is 9.25. The SMILES string of the molecule is O=C(c1cccc(F)c1)c1cccc2c1CCNC2. The first-order valence-corrected chi connectivity index (χ1v) is 6.37. The molecule has 0 unspecified atom stereocenters. The van der Waals surface area contributed by atoms with Crippen LogP contribution in [0.5, 0.6) is 0 Å². The maximum atomic E-state index is 13.2. The van der Waals surface area contributed by atoms with Crippen molar-refractivity contribution in [3.8, 4) is 0 Å². The zero-order valence-electron chi connectivity index (χ0n) is 10.4. The number of hydrogen-bond donors (Lipinski definition) is 1. The summed E-state index contributed by atoms with van der Waals surface area (Å²) in [7, 11) is 0. The van der Waals surface area contributed by atoms with Gasteiger partial charge in [-0.1, -0.05) is 30.3 Å². The summed E-state index contributed by atoms with van der Waals surface area (Å²) in [6.45, 7) is 1.67. The molecule has 1 heterocycles. The predicted molar refractivity (Wildman–Crippen MR) is 71.7 cm³/mol. The summed E-state index contributed by atoms with van der Waals surface area (Å²) in [4.78, 5) is 12.5. The summed E-state index contributed by atoms with van der Waals surface area (Å²) in [6.07, 6.45) is 0.840. The molecule has 0 amide bonds. The molecule has 0 aliphatic carbocycles. The molecule has 1 aliphatic heterocycles. The zero-order chi connectivity index (χ0) is 13.2.